The Morgan fingerprint density at radius 3 is 2.58 bits per heavy atom. The number of hydrogen-bond donors (Lipinski definition) is 1. The van der Waals surface area contributed by atoms with Gasteiger partial charge in [-0.2, -0.15) is 0 Å². The summed E-state index contributed by atoms with van der Waals surface area (Å²) in [6.07, 6.45) is 0. The number of rotatable bonds is 7. The van der Waals surface area contributed by atoms with Crippen LogP contribution in [0.15, 0.2) is 66.7 Å². The molecule has 186 valence electrons. The van der Waals surface area contributed by atoms with Gasteiger partial charge in [0, 0.05) is 27.7 Å². The van der Waals surface area contributed by atoms with E-state index in [9.17, 15) is 14.9 Å². The zero-order valence-electron chi connectivity index (χ0n) is 19.9. The van der Waals surface area contributed by atoms with Crippen LogP contribution in [-0.4, -0.2) is 42.0 Å². The molecule has 9 heteroatoms. The minimum Gasteiger partial charge on any atom is -0.490 e. The van der Waals surface area contributed by atoms with Gasteiger partial charge in [-0.3, -0.25) is 19.8 Å². The van der Waals surface area contributed by atoms with Gasteiger partial charge in [-0.1, -0.05) is 48.0 Å². The number of carbonyl (C=O) groups is 1. The second-order valence-electron chi connectivity index (χ2n) is 9.04. The molecular formula is C27H26ClN3O5. The maximum atomic E-state index is 13.3. The van der Waals surface area contributed by atoms with E-state index in [2.05, 4.69) is 5.32 Å². The topological polar surface area (TPSA) is 93.9 Å². The first-order valence-electron chi connectivity index (χ1n) is 11.8. The van der Waals surface area contributed by atoms with Crippen molar-refractivity contribution in [3.63, 3.8) is 0 Å². The molecule has 8 nitrogen and oxygen atoms in total. The monoisotopic (exact) mass is 507 g/mol. The number of nitrogens with one attached hydrogen (secondary N) is 1. The lowest BCUT2D eigenvalue weighted by Crippen LogP contribution is -2.54. The first kappa shape index (κ1) is 24.1. The van der Waals surface area contributed by atoms with Crippen LogP contribution in [-0.2, 0) is 16.9 Å². The minimum absolute atomic E-state index is 0.318. The van der Waals surface area contributed by atoms with Crippen LogP contribution in [0.1, 0.15) is 29.5 Å². The highest BCUT2D eigenvalue weighted by Gasteiger charge is 2.68. The second-order valence-corrected chi connectivity index (χ2v) is 9.47. The highest BCUT2D eigenvalue weighted by atomic mass is 35.5. The lowest BCUT2D eigenvalue weighted by Gasteiger charge is -2.30. The van der Waals surface area contributed by atoms with Gasteiger partial charge >= 0.3 is 0 Å². The summed E-state index contributed by atoms with van der Waals surface area (Å²) < 4.78 is 11.9. The molecule has 0 unspecified atom stereocenters. The van der Waals surface area contributed by atoms with E-state index in [1.807, 2.05) is 31.2 Å². The lowest BCUT2D eigenvalue weighted by molar-refractivity contribution is -0.534. The van der Waals surface area contributed by atoms with Crippen molar-refractivity contribution in [2.24, 2.45) is 0 Å². The fourth-order valence-electron chi connectivity index (χ4n) is 5.46. The summed E-state index contributed by atoms with van der Waals surface area (Å²) in [6, 6.07) is 18.8. The number of carbonyl (C=O) groups excluding carboxylic acids is 1. The summed E-state index contributed by atoms with van der Waals surface area (Å²) in [5.41, 5.74) is 1.53. The number of fused-ring (bicyclic) bond motifs is 2. The molecule has 2 heterocycles. The highest BCUT2D eigenvalue weighted by molar-refractivity contribution is 6.30. The molecule has 3 atom stereocenters. The smallest absolute Gasteiger partial charge is 0.256 e. The number of benzene rings is 3. The van der Waals surface area contributed by atoms with Gasteiger partial charge in [0.05, 0.1) is 12.5 Å². The summed E-state index contributed by atoms with van der Waals surface area (Å²) in [6.45, 7) is 2.93. The van der Waals surface area contributed by atoms with Crippen LogP contribution in [0.3, 0.4) is 0 Å². The van der Waals surface area contributed by atoms with Gasteiger partial charge in [0.15, 0.2) is 17.0 Å². The van der Waals surface area contributed by atoms with Crippen LogP contribution in [0.25, 0.3) is 0 Å². The maximum Gasteiger partial charge on any atom is 0.256 e. The number of amides is 1. The van der Waals surface area contributed by atoms with Gasteiger partial charge in [0.1, 0.15) is 6.61 Å². The quantitative estimate of drug-likeness (QED) is 0.363. The standard InChI is InChI=1S/C27H26ClN3O5/c1-3-35-24-14-18(10-13-23(24)36-16-17-8-11-19(28)12-9-17)20-15-30(2)27(25(20)31(33)34)21-6-4-5-7-22(21)29-26(27)32/h4-14,20,25H,3,15-16H2,1-2H3,(H,29,32)/t20-,25-,27+/m0/s1. The molecule has 1 fully saturated rings. The number of anilines is 1. The Kier molecular flexibility index (Phi) is 6.32. The molecule has 0 saturated carbocycles. The average Bonchev–Trinajstić information content (AvgIpc) is 3.34. The van der Waals surface area contributed by atoms with Crippen molar-refractivity contribution in [1.29, 1.82) is 0 Å². The van der Waals surface area contributed by atoms with E-state index in [4.69, 9.17) is 21.1 Å². The van der Waals surface area contributed by atoms with E-state index >= 15 is 0 Å². The first-order valence-corrected chi connectivity index (χ1v) is 12.1. The number of halogens is 1. The van der Waals surface area contributed by atoms with E-state index in [-0.39, 0.29) is 10.8 Å². The van der Waals surface area contributed by atoms with Crippen molar-refractivity contribution in [2.45, 2.75) is 31.0 Å². The van der Waals surface area contributed by atoms with Crippen LogP contribution >= 0.6 is 11.6 Å². The number of para-hydroxylation sites is 1. The minimum atomic E-state index is -1.39. The molecule has 0 bridgehead atoms. The van der Waals surface area contributed by atoms with Gasteiger partial charge in [0.25, 0.3) is 11.9 Å². The van der Waals surface area contributed by atoms with Gasteiger partial charge in [-0.05, 0) is 55.4 Å². The van der Waals surface area contributed by atoms with Crippen molar-refractivity contribution in [2.75, 3.05) is 25.5 Å². The van der Waals surface area contributed by atoms with E-state index in [1.165, 1.54) is 0 Å². The predicted molar refractivity (Wildman–Crippen MR) is 136 cm³/mol. The summed E-state index contributed by atoms with van der Waals surface area (Å²) in [5.74, 6) is 0.138. The number of hydrogen-bond acceptors (Lipinski definition) is 6. The zero-order chi connectivity index (χ0) is 25.4. The number of likely N-dealkylation sites (tertiary alicyclic amines) is 1. The third-order valence-electron chi connectivity index (χ3n) is 7.04. The van der Waals surface area contributed by atoms with E-state index < -0.39 is 17.5 Å². The summed E-state index contributed by atoms with van der Waals surface area (Å²) in [5, 5.41) is 16.0. The molecule has 3 aromatic rings. The Morgan fingerprint density at radius 1 is 1.11 bits per heavy atom. The Balaban J connectivity index is 1.49. The Hall–Kier alpha value is -3.62. The van der Waals surface area contributed by atoms with E-state index in [0.29, 0.717) is 47.5 Å². The van der Waals surface area contributed by atoms with Crippen molar-refractivity contribution in [3.05, 3.63) is 98.6 Å². The molecule has 1 amide bonds. The predicted octanol–water partition coefficient (Wildman–Crippen LogP) is 4.84. The maximum absolute atomic E-state index is 13.3. The second kappa shape index (κ2) is 9.44. The lowest BCUT2D eigenvalue weighted by atomic mass is 9.79. The average molecular weight is 508 g/mol. The van der Waals surface area contributed by atoms with Gasteiger partial charge in [-0.25, -0.2) is 0 Å². The summed E-state index contributed by atoms with van der Waals surface area (Å²) >= 11 is 5.96. The molecule has 5 rings (SSSR count). The van der Waals surface area contributed by atoms with Gasteiger partial charge in [-0.15, -0.1) is 0 Å². The van der Waals surface area contributed by atoms with Crippen LogP contribution in [0, 0.1) is 10.1 Å². The molecule has 0 aromatic heterocycles. The molecule has 36 heavy (non-hydrogen) atoms. The summed E-state index contributed by atoms with van der Waals surface area (Å²) in [4.78, 5) is 27.3. The van der Waals surface area contributed by atoms with E-state index in [0.717, 1.165) is 11.1 Å². The molecule has 0 radical (unpaired) electrons. The number of likely N-dealkylation sites (N-methyl/N-ethyl adjacent to an activating group) is 1. The van der Waals surface area contributed by atoms with Gasteiger partial charge < -0.3 is 14.8 Å². The molecular weight excluding hydrogens is 482 g/mol. The Morgan fingerprint density at radius 2 is 1.86 bits per heavy atom. The Labute approximate surface area is 213 Å². The van der Waals surface area contributed by atoms with Crippen molar-refractivity contribution < 1.29 is 19.2 Å². The van der Waals surface area contributed by atoms with Crippen molar-refractivity contribution in [3.8, 4) is 11.5 Å². The molecule has 2 aliphatic rings. The fourth-order valence-corrected chi connectivity index (χ4v) is 5.59. The molecule has 3 aromatic carbocycles. The van der Waals surface area contributed by atoms with Crippen LogP contribution in [0.2, 0.25) is 5.02 Å². The number of ether oxygens (including phenoxy) is 2. The van der Waals surface area contributed by atoms with Crippen molar-refractivity contribution >= 4 is 23.2 Å². The molecule has 1 saturated heterocycles. The Bertz CT molecular complexity index is 1320. The van der Waals surface area contributed by atoms with Crippen LogP contribution in [0.5, 0.6) is 11.5 Å². The number of nitro groups is 1. The molecule has 1 N–H and O–H groups in total. The third-order valence-corrected chi connectivity index (χ3v) is 7.30. The SMILES string of the molecule is CCOc1cc([C@@H]2CN(C)[C@@]3(C(=O)Nc4ccccc43)[C@H]2[N+](=O)[O-])ccc1OCc1ccc(Cl)cc1. The largest absolute Gasteiger partial charge is 0.490 e. The zero-order valence-corrected chi connectivity index (χ0v) is 20.7. The molecule has 2 aliphatic heterocycles. The van der Waals surface area contributed by atoms with Crippen LogP contribution in [0.4, 0.5) is 5.69 Å². The fraction of sp³-hybridized carbons (Fsp3) is 0.296. The molecule has 0 aliphatic carbocycles. The number of nitrogens with zero attached hydrogens (tertiary/aromatic N) is 2. The van der Waals surface area contributed by atoms with Crippen molar-refractivity contribution in [1.82, 2.24) is 4.90 Å². The highest BCUT2D eigenvalue weighted by Crippen LogP contribution is 2.52. The van der Waals surface area contributed by atoms with Gasteiger partial charge in [0.2, 0.25) is 0 Å². The normalized spacial score (nSPS) is 22.9. The summed E-state index contributed by atoms with van der Waals surface area (Å²) in [7, 11) is 1.77. The molecule has 1 spiro atoms. The van der Waals surface area contributed by atoms with Crippen LogP contribution < -0.4 is 14.8 Å². The van der Waals surface area contributed by atoms with E-state index in [1.54, 1.807) is 54.4 Å². The third kappa shape index (κ3) is 3.86. The first-order chi connectivity index (χ1) is 17.4.